The lowest BCUT2D eigenvalue weighted by atomic mass is 10.1. The molecule has 0 saturated heterocycles. The Morgan fingerprint density at radius 1 is 1.15 bits per heavy atom. The number of nitrogens with one attached hydrogen (secondary N) is 1. The molecular weight excluding hydrogens is 328 g/mol. The van der Waals surface area contributed by atoms with Gasteiger partial charge in [0.05, 0.1) is 6.42 Å². The highest BCUT2D eigenvalue weighted by Crippen LogP contribution is 2.23. The van der Waals surface area contributed by atoms with E-state index in [1.165, 1.54) is 0 Å². The molecule has 2 nitrogen and oxygen atoms in total. The number of halogens is 3. The molecule has 0 fully saturated rings. The summed E-state index contributed by atoms with van der Waals surface area (Å²) in [5, 5.41) is 2.26. The second kappa shape index (κ2) is 6.13. The first-order valence-corrected chi connectivity index (χ1v) is 6.75. The number of anilines is 1. The highest BCUT2D eigenvalue weighted by Gasteiger charge is 2.13. The summed E-state index contributed by atoms with van der Waals surface area (Å²) in [5.41, 5.74) is 1.44. The van der Waals surface area contributed by atoms with Crippen LogP contribution in [0.4, 0.5) is 14.5 Å². The Labute approximate surface area is 123 Å². The van der Waals surface area contributed by atoms with E-state index in [0.29, 0.717) is 0 Å². The molecule has 5 heteroatoms. The zero-order valence-corrected chi connectivity index (χ0v) is 12.3. The first kappa shape index (κ1) is 14.7. The number of aryl methyl sites for hydroxylation is 1. The second-order valence-corrected chi connectivity index (χ2v) is 5.37. The number of amides is 1. The fraction of sp³-hybridized carbons (Fsp3) is 0.133. The van der Waals surface area contributed by atoms with Gasteiger partial charge in [0.2, 0.25) is 5.91 Å². The maximum absolute atomic E-state index is 13.6. The van der Waals surface area contributed by atoms with Crippen LogP contribution in [0, 0.1) is 18.6 Å². The minimum absolute atomic E-state index is 0.0647. The highest BCUT2D eigenvalue weighted by molar-refractivity contribution is 9.10. The van der Waals surface area contributed by atoms with Crippen LogP contribution in [-0.2, 0) is 11.2 Å². The Kier molecular flexibility index (Phi) is 4.49. The zero-order chi connectivity index (χ0) is 14.7. The topological polar surface area (TPSA) is 29.1 Å². The fourth-order valence-corrected chi connectivity index (χ4v) is 2.14. The third-order valence-corrected chi connectivity index (χ3v) is 3.21. The molecule has 0 aliphatic rings. The van der Waals surface area contributed by atoms with E-state index in [1.54, 1.807) is 0 Å². The fourth-order valence-electron chi connectivity index (χ4n) is 1.74. The SMILES string of the molecule is Cc1ccc(CC(=O)Nc2c(F)cc(Br)cc2F)cc1. The van der Waals surface area contributed by atoms with Gasteiger partial charge in [-0.2, -0.15) is 0 Å². The van der Waals surface area contributed by atoms with Crippen LogP contribution in [0.3, 0.4) is 0 Å². The molecule has 104 valence electrons. The lowest BCUT2D eigenvalue weighted by Crippen LogP contribution is -2.16. The Morgan fingerprint density at radius 3 is 2.25 bits per heavy atom. The zero-order valence-electron chi connectivity index (χ0n) is 10.7. The largest absolute Gasteiger partial charge is 0.321 e. The van der Waals surface area contributed by atoms with Crippen molar-refractivity contribution in [2.24, 2.45) is 0 Å². The third kappa shape index (κ3) is 3.63. The van der Waals surface area contributed by atoms with Crippen LogP contribution in [0.15, 0.2) is 40.9 Å². The first-order chi connectivity index (χ1) is 9.45. The van der Waals surface area contributed by atoms with Crippen molar-refractivity contribution in [3.8, 4) is 0 Å². The maximum Gasteiger partial charge on any atom is 0.228 e. The average molecular weight is 340 g/mol. The van der Waals surface area contributed by atoms with Crippen LogP contribution < -0.4 is 5.32 Å². The average Bonchev–Trinajstić information content (AvgIpc) is 2.36. The molecule has 20 heavy (non-hydrogen) atoms. The van der Waals surface area contributed by atoms with E-state index in [9.17, 15) is 13.6 Å². The highest BCUT2D eigenvalue weighted by atomic mass is 79.9. The van der Waals surface area contributed by atoms with Crippen molar-refractivity contribution >= 4 is 27.5 Å². The van der Waals surface area contributed by atoms with Crippen molar-refractivity contribution in [3.63, 3.8) is 0 Å². The monoisotopic (exact) mass is 339 g/mol. The van der Waals surface area contributed by atoms with Gasteiger partial charge in [0.25, 0.3) is 0 Å². The molecule has 2 aromatic carbocycles. The number of hydrogen-bond acceptors (Lipinski definition) is 1. The molecular formula is C15H12BrF2NO. The minimum atomic E-state index is -0.811. The molecule has 0 aliphatic carbocycles. The Morgan fingerprint density at radius 2 is 1.70 bits per heavy atom. The van der Waals surface area contributed by atoms with Gasteiger partial charge in [0, 0.05) is 4.47 Å². The standard InChI is InChI=1S/C15H12BrF2NO/c1-9-2-4-10(5-3-9)6-14(20)19-15-12(17)7-11(16)8-13(15)18/h2-5,7-8H,6H2,1H3,(H,19,20). The molecule has 0 saturated carbocycles. The predicted octanol–water partition coefficient (Wildman–Crippen LogP) is 4.22. The lowest BCUT2D eigenvalue weighted by molar-refractivity contribution is -0.115. The molecule has 0 aromatic heterocycles. The summed E-state index contributed by atoms with van der Waals surface area (Å²) >= 11 is 2.98. The van der Waals surface area contributed by atoms with Gasteiger partial charge in [-0.05, 0) is 24.6 Å². The van der Waals surface area contributed by atoms with Crippen LogP contribution >= 0.6 is 15.9 Å². The van der Waals surface area contributed by atoms with Gasteiger partial charge >= 0.3 is 0 Å². The minimum Gasteiger partial charge on any atom is -0.321 e. The Bertz CT molecular complexity index is 618. The summed E-state index contributed by atoms with van der Waals surface area (Å²) in [6, 6.07) is 9.58. The Balaban J connectivity index is 2.10. The van der Waals surface area contributed by atoms with Crippen molar-refractivity contribution in [2.75, 3.05) is 5.32 Å². The van der Waals surface area contributed by atoms with Gasteiger partial charge in [0.1, 0.15) is 5.69 Å². The molecule has 0 atom stereocenters. The van der Waals surface area contributed by atoms with Gasteiger partial charge in [0.15, 0.2) is 11.6 Å². The molecule has 1 N–H and O–H groups in total. The maximum atomic E-state index is 13.6. The first-order valence-electron chi connectivity index (χ1n) is 5.95. The molecule has 0 bridgehead atoms. The van der Waals surface area contributed by atoms with Gasteiger partial charge in [-0.25, -0.2) is 8.78 Å². The molecule has 0 radical (unpaired) electrons. The van der Waals surface area contributed by atoms with Crippen LogP contribution in [-0.4, -0.2) is 5.91 Å². The van der Waals surface area contributed by atoms with Crippen LogP contribution in [0.25, 0.3) is 0 Å². The summed E-state index contributed by atoms with van der Waals surface area (Å²) in [7, 11) is 0. The third-order valence-electron chi connectivity index (χ3n) is 2.76. The molecule has 2 rings (SSSR count). The summed E-state index contributed by atoms with van der Waals surface area (Å²) < 4.78 is 27.4. The van der Waals surface area contributed by atoms with E-state index < -0.39 is 23.2 Å². The molecule has 0 unspecified atom stereocenters. The quantitative estimate of drug-likeness (QED) is 0.891. The molecule has 0 heterocycles. The van der Waals surface area contributed by atoms with E-state index in [0.717, 1.165) is 23.3 Å². The Hall–Kier alpha value is -1.75. The number of carbonyl (C=O) groups is 1. The summed E-state index contributed by atoms with van der Waals surface area (Å²) in [6.07, 6.45) is 0.0647. The van der Waals surface area contributed by atoms with Crippen molar-refractivity contribution in [2.45, 2.75) is 13.3 Å². The van der Waals surface area contributed by atoms with Gasteiger partial charge in [-0.1, -0.05) is 45.8 Å². The molecule has 0 spiro atoms. The van der Waals surface area contributed by atoms with E-state index in [4.69, 9.17) is 0 Å². The smallest absolute Gasteiger partial charge is 0.228 e. The summed E-state index contributed by atoms with van der Waals surface area (Å²) in [6.45, 7) is 1.94. The van der Waals surface area contributed by atoms with Gasteiger partial charge in [-0.3, -0.25) is 4.79 Å². The predicted molar refractivity (Wildman–Crippen MR) is 77.6 cm³/mol. The van der Waals surface area contributed by atoms with Crippen LogP contribution in [0.5, 0.6) is 0 Å². The van der Waals surface area contributed by atoms with E-state index in [2.05, 4.69) is 21.2 Å². The van der Waals surface area contributed by atoms with E-state index in [1.807, 2.05) is 31.2 Å². The second-order valence-electron chi connectivity index (χ2n) is 4.45. The van der Waals surface area contributed by atoms with Crippen molar-refractivity contribution in [1.82, 2.24) is 0 Å². The normalized spacial score (nSPS) is 10.4. The van der Waals surface area contributed by atoms with Crippen LogP contribution in [0.2, 0.25) is 0 Å². The van der Waals surface area contributed by atoms with E-state index >= 15 is 0 Å². The van der Waals surface area contributed by atoms with E-state index in [-0.39, 0.29) is 10.9 Å². The molecule has 0 aliphatic heterocycles. The summed E-state index contributed by atoms with van der Waals surface area (Å²) in [5.74, 6) is -2.09. The lowest BCUT2D eigenvalue weighted by Gasteiger charge is -2.08. The van der Waals surface area contributed by atoms with Crippen molar-refractivity contribution < 1.29 is 13.6 Å². The van der Waals surface area contributed by atoms with Crippen molar-refractivity contribution in [1.29, 1.82) is 0 Å². The van der Waals surface area contributed by atoms with Gasteiger partial charge in [-0.15, -0.1) is 0 Å². The van der Waals surface area contributed by atoms with Crippen LogP contribution in [0.1, 0.15) is 11.1 Å². The molecule has 1 amide bonds. The van der Waals surface area contributed by atoms with Crippen molar-refractivity contribution in [3.05, 3.63) is 63.6 Å². The summed E-state index contributed by atoms with van der Waals surface area (Å²) in [4.78, 5) is 11.8. The van der Waals surface area contributed by atoms with Gasteiger partial charge < -0.3 is 5.32 Å². The number of benzene rings is 2. The number of hydrogen-bond donors (Lipinski definition) is 1. The number of rotatable bonds is 3. The molecule has 2 aromatic rings. The number of carbonyl (C=O) groups excluding carboxylic acids is 1.